The highest BCUT2D eigenvalue weighted by atomic mass is 35.5. The molecule has 0 aromatic heterocycles. The molecule has 0 saturated carbocycles. The lowest BCUT2D eigenvalue weighted by atomic mass is 10.0. The van der Waals surface area contributed by atoms with Crippen LogP contribution in [-0.2, 0) is 15.6 Å². The zero-order chi connectivity index (χ0) is 18.0. The van der Waals surface area contributed by atoms with E-state index in [2.05, 4.69) is 42.6 Å². The molecule has 0 radical (unpaired) electrons. The minimum atomic E-state index is -3.13. The lowest BCUT2D eigenvalue weighted by molar-refractivity contribution is 0.601. The molecule has 0 bridgehead atoms. The lowest BCUT2D eigenvalue weighted by Crippen LogP contribution is -2.08. The second-order valence-corrected chi connectivity index (χ2v) is 8.90. The summed E-state index contributed by atoms with van der Waals surface area (Å²) in [6.45, 7) is 2.08. The summed E-state index contributed by atoms with van der Waals surface area (Å²) >= 11 is 6.13. The second kappa shape index (κ2) is 7.06. The SMILES string of the molecule is C[C@@H](Nc1ccc(Cl)c(CS(C)(=O)=O)c1)c1ccc2ccccc2c1. The number of anilines is 1. The van der Waals surface area contributed by atoms with E-state index in [9.17, 15) is 8.42 Å². The van der Waals surface area contributed by atoms with Gasteiger partial charge in [0.1, 0.15) is 0 Å². The van der Waals surface area contributed by atoms with Crippen LogP contribution in [0.3, 0.4) is 0 Å². The third kappa shape index (κ3) is 4.53. The van der Waals surface area contributed by atoms with E-state index in [1.165, 1.54) is 22.6 Å². The largest absolute Gasteiger partial charge is 0.379 e. The maximum Gasteiger partial charge on any atom is 0.151 e. The molecule has 3 nitrogen and oxygen atoms in total. The fourth-order valence-electron chi connectivity index (χ4n) is 2.87. The van der Waals surface area contributed by atoms with E-state index < -0.39 is 9.84 Å². The molecule has 0 aliphatic heterocycles. The fraction of sp³-hybridized carbons (Fsp3) is 0.200. The van der Waals surface area contributed by atoms with E-state index >= 15 is 0 Å². The fourth-order valence-corrected chi connectivity index (χ4v) is 3.94. The molecule has 0 spiro atoms. The third-order valence-corrected chi connectivity index (χ3v) is 5.32. The van der Waals surface area contributed by atoms with Crippen molar-refractivity contribution in [3.8, 4) is 0 Å². The molecule has 3 aromatic rings. The van der Waals surface area contributed by atoms with Gasteiger partial charge in [0.25, 0.3) is 0 Å². The van der Waals surface area contributed by atoms with Gasteiger partial charge in [0, 0.05) is 23.0 Å². The van der Waals surface area contributed by atoms with Crippen LogP contribution in [0.5, 0.6) is 0 Å². The summed E-state index contributed by atoms with van der Waals surface area (Å²) in [7, 11) is -3.13. The van der Waals surface area contributed by atoms with Crippen molar-refractivity contribution in [1.82, 2.24) is 0 Å². The molecule has 0 amide bonds. The highest BCUT2D eigenvalue weighted by Crippen LogP contribution is 2.27. The molecule has 0 heterocycles. The van der Waals surface area contributed by atoms with Gasteiger partial charge in [-0.05, 0) is 53.1 Å². The lowest BCUT2D eigenvalue weighted by Gasteiger charge is -2.17. The van der Waals surface area contributed by atoms with Crippen molar-refractivity contribution in [2.24, 2.45) is 0 Å². The van der Waals surface area contributed by atoms with E-state index in [0.29, 0.717) is 10.6 Å². The van der Waals surface area contributed by atoms with Crippen LogP contribution in [0.1, 0.15) is 24.1 Å². The number of halogens is 1. The Hall–Kier alpha value is -2.04. The van der Waals surface area contributed by atoms with Crippen molar-refractivity contribution in [3.05, 3.63) is 76.8 Å². The van der Waals surface area contributed by atoms with E-state index in [-0.39, 0.29) is 11.8 Å². The molecule has 0 unspecified atom stereocenters. The average Bonchev–Trinajstić information content (AvgIpc) is 2.56. The number of rotatable bonds is 5. The molecule has 0 aliphatic rings. The van der Waals surface area contributed by atoms with E-state index in [1.807, 2.05) is 18.2 Å². The highest BCUT2D eigenvalue weighted by molar-refractivity contribution is 7.89. The highest BCUT2D eigenvalue weighted by Gasteiger charge is 2.11. The molecule has 1 atom stereocenters. The Morgan fingerprint density at radius 2 is 1.72 bits per heavy atom. The van der Waals surface area contributed by atoms with Gasteiger partial charge >= 0.3 is 0 Å². The van der Waals surface area contributed by atoms with E-state index in [1.54, 1.807) is 12.1 Å². The van der Waals surface area contributed by atoms with Crippen molar-refractivity contribution in [2.45, 2.75) is 18.7 Å². The number of hydrogen-bond acceptors (Lipinski definition) is 3. The minimum absolute atomic E-state index is 0.0638. The van der Waals surface area contributed by atoms with Gasteiger partial charge in [-0.3, -0.25) is 0 Å². The normalized spacial score (nSPS) is 12.9. The van der Waals surface area contributed by atoms with Crippen molar-refractivity contribution >= 4 is 37.9 Å². The molecule has 0 aliphatic carbocycles. The maximum atomic E-state index is 11.6. The average molecular weight is 374 g/mol. The Kier molecular flexibility index (Phi) is 5.02. The Balaban J connectivity index is 1.84. The summed E-state index contributed by atoms with van der Waals surface area (Å²) in [4.78, 5) is 0. The smallest absolute Gasteiger partial charge is 0.151 e. The standard InChI is InChI=1S/C20H20ClNO2S/c1-14(16-8-7-15-5-3-4-6-17(15)11-16)22-19-9-10-20(21)18(12-19)13-25(2,23)24/h3-12,14,22H,13H2,1-2H3/t14-/m1/s1. The van der Waals surface area contributed by atoms with Crippen molar-refractivity contribution in [2.75, 3.05) is 11.6 Å². The van der Waals surface area contributed by atoms with Gasteiger partial charge in [-0.2, -0.15) is 0 Å². The van der Waals surface area contributed by atoms with Crippen LogP contribution >= 0.6 is 11.6 Å². The molecule has 1 N–H and O–H groups in total. The zero-order valence-corrected chi connectivity index (χ0v) is 15.7. The van der Waals surface area contributed by atoms with Crippen LogP contribution in [0, 0.1) is 0 Å². The Bertz CT molecular complexity index is 1020. The number of hydrogen-bond donors (Lipinski definition) is 1. The first-order chi connectivity index (χ1) is 11.8. The molecule has 0 fully saturated rings. The van der Waals surface area contributed by atoms with E-state index in [0.717, 1.165) is 5.69 Å². The molecule has 130 valence electrons. The molecule has 3 rings (SSSR count). The minimum Gasteiger partial charge on any atom is -0.379 e. The molecule has 5 heteroatoms. The topological polar surface area (TPSA) is 46.2 Å². The van der Waals surface area contributed by atoms with Crippen LogP contribution in [-0.4, -0.2) is 14.7 Å². The van der Waals surface area contributed by atoms with Crippen LogP contribution < -0.4 is 5.32 Å². The summed E-state index contributed by atoms with van der Waals surface area (Å²) in [6.07, 6.45) is 1.21. The quantitative estimate of drug-likeness (QED) is 0.667. The Morgan fingerprint density at radius 3 is 2.44 bits per heavy atom. The van der Waals surface area contributed by atoms with E-state index in [4.69, 9.17) is 11.6 Å². The first-order valence-corrected chi connectivity index (χ1v) is 10.5. The summed E-state index contributed by atoms with van der Waals surface area (Å²) < 4.78 is 23.1. The molecular formula is C20H20ClNO2S. The van der Waals surface area contributed by atoms with Gasteiger partial charge in [-0.1, -0.05) is 48.0 Å². The van der Waals surface area contributed by atoms with Crippen molar-refractivity contribution in [3.63, 3.8) is 0 Å². The summed E-state index contributed by atoms with van der Waals surface area (Å²) in [5, 5.41) is 6.30. The number of sulfone groups is 1. The van der Waals surface area contributed by atoms with Gasteiger partial charge in [0.2, 0.25) is 0 Å². The van der Waals surface area contributed by atoms with Crippen molar-refractivity contribution < 1.29 is 8.42 Å². The maximum absolute atomic E-state index is 11.6. The molecule has 0 saturated heterocycles. The summed E-state index contributed by atoms with van der Waals surface area (Å²) in [5.41, 5.74) is 2.63. The Morgan fingerprint density at radius 1 is 1.00 bits per heavy atom. The van der Waals surface area contributed by atoms with Crippen LogP contribution in [0.2, 0.25) is 5.02 Å². The third-order valence-electron chi connectivity index (χ3n) is 4.12. The van der Waals surface area contributed by atoms with Crippen molar-refractivity contribution in [1.29, 1.82) is 0 Å². The first-order valence-electron chi connectivity index (χ1n) is 8.03. The molecular weight excluding hydrogens is 354 g/mol. The van der Waals surface area contributed by atoms with Crippen LogP contribution in [0.25, 0.3) is 10.8 Å². The predicted octanol–water partition coefficient (Wildman–Crippen LogP) is 5.21. The number of benzene rings is 3. The van der Waals surface area contributed by atoms with Gasteiger partial charge < -0.3 is 5.32 Å². The Labute approximate surface area is 153 Å². The van der Waals surface area contributed by atoms with Gasteiger partial charge in [0.05, 0.1) is 5.75 Å². The number of fused-ring (bicyclic) bond motifs is 1. The van der Waals surface area contributed by atoms with Gasteiger partial charge in [0.15, 0.2) is 9.84 Å². The first kappa shape index (κ1) is 17.8. The second-order valence-electron chi connectivity index (χ2n) is 6.35. The number of nitrogens with one attached hydrogen (secondary N) is 1. The van der Waals surface area contributed by atoms with Gasteiger partial charge in [-0.25, -0.2) is 8.42 Å². The molecule has 3 aromatic carbocycles. The zero-order valence-electron chi connectivity index (χ0n) is 14.2. The molecule has 25 heavy (non-hydrogen) atoms. The predicted molar refractivity (Wildman–Crippen MR) is 106 cm³/mol. The summed E-state index contributed by atoms with van der Waals surface area (Å²) in [5.74, 6) is -0.0638. The van der Waals surface area contributed by atoms with Gasteiger partial charge in [-0.15, -0.1) is 0 Å². The monoisotopic (exact) mass is 373 g/mol. The van der Waals surface area contributed by atoms with Crippen LogP contribution in [0.4, 0.5) is 5.69 Å². The summed E-state index contributed by atoms with van der Waals surface area (Å²) in [6, 6.07) is 20.1. The van der Waals surface area contributed by atoms with Crippen LogP contribution in [0.15, 0.2) is 60.7 Å².